The Kier molecular flexibility index (Phi) is 3.18. The second-order valence-corrected chi connectivity index (χ2v) is 4.58. The molecule has 19 heavy (non-hydrogen) atoms. The Balaban J connectivity index is 1.61. The molecule has 3 rings (SSSR count). The highest BCUT2D eigenvalue weighted by Crippen LogP contribution is 2.18. The zero-order valence-electron chi connectivity index (χ0n) is 11.0. The fourth-order valence-electron chi connectivity index (χ4n) is 2.18. The summed E-state index contributed by atoms with van der Waals surface area (Å²) in [6.45, 7) is 3.98. The summed E-state index contributed by atoms with van der Waals surface area (Å²) in [6.07, 6.45) is 8.65. The number of imidazole rings is 1. The van der Waals surface area contributed by atoms with Gasteiger partial charge in [-0.2, -0.15) is 5.10 Å². The summed E-state index contributed by atoms with van der Waals surface area (Å²) in [7, 11) is 0. The van der Waals surface area contributed by atoms with Crippen LogP contribution in [0.15, 0.2) is 43.1 Å². The molecule has 0 aliphatic rings. The number of fused-ring (bicyclic) bond motifs is 1. The van der Waals surface area contributed by atoms with Crippen molar-refractivity contribution in [1.82, 2.24) is 19.2 Å². The molecule has 5 heteroatoms. The van der Waals surface area contributed by atoms with Gasteiger partial charge in [-0.15, -0.1) is 0 Å². The van der Waals surface area contributed by atoms with Crippen molar-refractivity contribution in [2.45, 2.75) is 19.9 Å². The lowest BCUT2D eigenvalue weighted by Gasteiger charge is -2.04. The minimum atomic E-state index is 0.906. The minimum Gasteiger partial charge on any atom is -0.368 e. The molecule has 0 spiro atoms. The van der Waals surface area contributed by atoms with E-state index >= 15 is 0 Å². The van der Waals surface area contributed by atoms with E-state index < -0.39 is 0 Å². The molecule has 3 aromatic rings. The number of hydrogen-bond donors (Lipinski definition) is 1. The van der Waals surface area contributed by atoms with Crippen LogP contribution in [0.25, 0.3) is 5.52 Å². The lowest BCUT2D eigenvalue weighted by Crippen LogP contribution is -2.06. The summed E-state index contributed by atoms with van der Waals surface area (Å²) in [5, 5.41) is 7.93. The number of aromatic nitrogens is 4. The van der Waals surface area contributed by atoms with Gasteiger partial charge in [0, 0.05) is 37.2 Å². The summed E-state index contributed by atoms with van der Waals surface area (Å²) >= 11 is 0. The SMILES string of the molecule is Cc1c(NCCCn2ccnc2)nn2ccccc12. The molecule has 98 valence electrons. The second-order valence-electron chi connectivity index (χ2n) is 4.58. The highest BCUT2D eigenvalue weighted by molar-refractivity contribution is 5.64. The molecular formula is C14H17N5. The molecule has 0 aliphatic heterocycles. The summed E-state index contributed by atoms with van der Waals surface area (Å²) < 4.78 is 3.99. The van der Waals surface area contributed by atoms with Crippen LogP contribution in [-0.2, 0) is 6.54 Å². The molecule has 0 unspecified atom stereocenters. The molecule has 0 amide bonds. The molecule has 0 aromatic carbocycles. The smallest absolute Gasteiger partial charge is 0.152 e. The third-order valence-electron chi connectivity index (χ3n) is 3.23. The van der Waals surface area contributed by atoms with E-state index in [1.807, 2.05) is 35.4 Å². The number of pyridine rings is 1. The maximum Gasteiger partial charge on any atom is 0.152 e. The third kappa shape index (κ3) is 2.45. The first-order valence-corrected chi connectivity index (χ1v) is 6.48. The molecular weight excluding hydrogens is 238 g/mol. The predicted molar refractivity (Wildman–Crippen MR) is 75.3 cm³/mol. The average Bonchev–Trinajstić information content (AvgIpc) is 3.04. The quantitative estimate of drug-likeness (QED) is 0.712. The lowest BCUT2D eigenvalue weighted by atomic mass is 10.2. The number of hydrogen-bond acceptors (Lipinski definition) is 3. The van der Waals surface area contributed by atoms with Crippen molar-refractivity contribution in [2.75, 3.05) is 11.9 Å². The molecule has 0 saturated carbocycles. The number of aryl methyl sites for hydroxylation is 2. The van der Waals surface area contributed by atoms with Gasteiger partial charge in [0.1, 0.15) is 0 Å². The monoisotopic (exact) mass is 255 g/mol. The molecule has 5 nitrogen and oxygen atoms in total. The van der Waals surface area contributed by atoms with Crippen LogP contribution >= 0.6 is 0 Å². The van der Waals surface area contributed by atoms with Gasteiger partial charge in [-0.1, -0.05) is 6.07 Å². The standard InChI is InChI=1S/C14H17N5/c1-12-13-5-2-3-9-19(13)17-14(12)16-6-4-8-18-10-7-15-11-18/h2-3,5,7,9-11H,4,6,8H2,1H3,(H,16,17). The van der Waals surface area contributed by atoms with Gasteiger partial charge in [0.05, 0.1) is 11.8 Å². The van der Waals surface area contributed by atoms with E-state index in [4.69, 9.17) is 0 Å². The molecule has 0 bridgehead atoms. The Labute approximate surface area is 111 Å². The Bertz CT molecular complexity index is 654. The van der Waals surface area contributed by atoms with Crippen molar-refractivity contribution in [3.05, 3.63) is 48.7 Å². The highest BCUT2D eigenvalue weighted by atomic mass is 15.3. The molecule has 0 aliphatic carbocycles. The molecule has 0 radical (unpaired) electrons. The fraction of sp³-hybridized carbons (Fsp3) is 0.286. The van der Waals surface area contributed by atoms with E-state index in [-0.39, 0.29) is 0 Å². The van der Waals surface area contributed by atoms with Crippen LogP contribution in [0, 0.1) is 6.92 Å². The van der Waals surface area contributed by atoms with Crippen molar-refractivity contribution in [3.63, 3.8) is 0 Å². The van der Waals surface area contributed by atoms with Crippen LogP contribution in [0.1, 0.15) is 12.0 Å². The van der Waals surface area contributed by atoms with E-state index in [1.54, 1.807) is 6.20 Å². The van der Waals surface area contributed by atoms with Crippen LogP contribution in [-0.4, -0.2) is 25.7 Å². The highest BCUT2D eigenvalue weighted by Gasteiger charge is 2.06. The zero-order valence-corrected chi connectivity index (χ0v) is 11.0. The van der Waals surface area contributed by atoms with Gasteiger partial charge in [-0.3, -0.25) is 0 Å². The van der Waals surface area contributed by atoms with Crippen molar-refractivity contribution in [2.24, 2.45) is 0 Å². The van der Waals surface area contributed by atoms with Gasteiger partial charge in [0.2, 0.25) is 0 Å². The Morgan fingerprint density at radius 3 is 3.00 bits per heavy atom. The van der Waals surface area contributed by atoms with E-state index in [9.17, 15) is 0 Å². The summed E-state index contributed by atoms with van der Waals surface area (Å²) in [4.78, 5) is 4.03. The van der Waals surface area contributed by atoms with Crippen LogP contribution in [0.3, 0.4) is 0 Å². The lowest BCUT2D eigenvalue weighted by molar-refractivity contribution is 0.659. The van der Waals surface area contributed by atoms with E-state index in [2.05, 4.69) is 33.0 Å². The first kappa shape index (κ1) is 11.8. The van der Waals surface area contributed by atoms with E-state index in [0.717, 1.165) is 30.8 Å². The number of rotatable bonds is 5. The van der Waals surface area contributed by atoms with Gasteiger partial charge in [0.15, 0.2) is 5.82 Å². The third-order valence-corrected chi connectivity index (χ3v) is 3.23. The van der Waals surface area contributed by atoms with Gasteiger partial charge < -0.3 is 9.88 Å². The van der Waals surface area contributed by atoms with Crippen molar-refractivity contribution in [3.8, 4) is 0 Å². The Hall–Kier alpha value is -2.30. The van der Waals surface area contributed by atoms with E-state index in [1.165, 1.54) is 5.56 Å². The number of nitrogens with one attached hydrogen (secondary N) is 1. The van der Waals surface area contributed by atoms with Crippen LogP contribution < -0.4 is 5.32 Å². The van der Waals surface area contributed by atoms with Gasteiger partial charge >= 0.3 is 0 Å². The Morgan fingerprint density at radius 1 is 1.26 bits per heavy atom. The molecule has 3 aromatic heterocycles. The second kappa shape index (κ2) is 5.14. The Morgan fingerprint density at radius 2 is 2.21 bits per heavy atom. The van der Waals surface area contributed by atoms with Crippen molar-refractivity contribution >= 4 is 11.3 Å². The average molecular weight is 255 g/mol. The van der Waals surface area contributed by atoms with Crippen LogP contribution in [0.2, 0.25) is 0 Å². The van der Waals surface area contributed by atoms with Crippen molar-refractivity contribution < 1.29 is 0 Å². The molecule has 0 fully saturated rings. The van der Waals surface area contributed by atoms with Gasteiger partial charge in [-0.05, 0) is 25.5 Å². The fourth-order valence-corrected chi connectivity index (χ4v) is 2.18. The minimum absolute atomic E-state index is 0.906. The zero-order chi connectivity index (χ0) is 13.1. The van der Waals surface area contributed by atoms with Crippen molar-refractivity contribution in [1.29, 1.82) is 0 Å². The maximum absolute atomic E-state index is 4.53. The van der Waals surface area contributed by atoms with Gasteiger partial charge in [-0.25, -0.2) is 9.50 Å². The normalized spacial score (nSPS) is 11.0. The number of anilines is 1. The topological polar surface area (TPSA) is 47.2 Å². The molecule has 1 N–H and O–H groups in total. The summed E-state index contributed by atoms with van der Waals surface area (Å²) in [6, 6.07) is 6.11. The van der Waals surface area contributed by atoms with Crippen LogP contribution in [0.5, 0.6) is 0 Å². The first-order chi connectivity index (χ1) is 9.34. The number of nitrogens with zero attached hydrogens (tertiary/aromatic N) is 4. The predicted octanol–water partition coefficient (Wildman–Crippen LogP) is 2.34. The largest absolute Gasteiger partial charge is 0.368 e. The van der Waals surface area contributed by atoms with Crippen LogP contribution in [0.4, 0.5) is 5.82 Å². The molecule has 0 atom stereocenters. The summed E-state index contributed by atoms with van der Waals surface area (Å²) in [5.41, 5.74) is 2.35. The van der Waals surface area contributed by atoms with Gasteiger partial charge in [0.25, 0.3) is 0 Å². The molecule has 0 saturated heterocycles. The first-order valence-electron chi connectivity index (χ1n) is 6.48. The molecule has 3 heterocycles. The van der Waals surface area contributed by atoms with E-state index in [0.29, 0.717) is 0 Å². The summed E-state index contributed by atoms with van der Waals surface area (Å²) in [5.74, 6) is 0.969. The maximum atomic E-state index is 4.53.